The standard InChI is InChI=1S/C32H24F4N6O5/c1-30(28(37)44)16-46-26-21(30)14-23(42-25(26)17-5-7-20(33)8-6-17)31(45,32(34,35)36)15-41-27(43)19-12-18-4-2-9-38-24(18)22(13-19)47-29-39-10-3-11-40-29/h2-14,45H,15-16H2,1H3,(H2,37,44)(H,41,43)/t30-,31-/m0/s1. The zero-order valence-corrected chi connectivity index (χ0v) is 24.4. The minimum Gasteiger partial charge on any atom is -0.489 e. The molecule has 0 spiro atoms. The number of ether oxygens (including phenoxy) is 2. The van der Waals surface area contributed by atoms with Crippen LogP contribution in [0.1, 0.15) is 28.5 Å². The average Bonchev–Trinajstić information content (AvgIpc) is 3.41. The fraction of sp³-hybridized carbons (Fsp3) is 0.188. The van der Waals surface area contributed by atoms with Crippen molar-refractivity contribution in [1.29, 1.82) is 0 Å². The van der Waals surface area contributed by atoms with Crippen molar-refractivity contribution in [3.8, 4) is 28.8 Å². The Bertz CT molecular complexity index is 2010. The van der Waals surface area contributed by atoms with Gasteiger partial charge in [0.25, 0.3) is 5.91 Å². The number of benzene rings is 2. The van der Waals surface area contributed by atoms with E-state index in [0.717, 1.165) is 18.2 Å². The topological polar surface area (TPSA) is 162 Å². The third-order valence-electron chi connectivity index (χ3n) is 7.81. The number of halogens is 4. The van der Waals surface area contributed by atoms with Crippen LogP contribution in [0, 0.1) is 5.82 Å². The van der Waals surface area contributed by atoms with Crippen LogP contribution >= 0.6 is 0 Å². The lowest BCUT2D eigenvalue weighted by Crippen LogP contribution is -2.51. The van der Waals surface area contributed by atoms with Gasteiger partial charge in [-0.05, 0) is 61.5 Å². The second-order valence-corrected chi connectivity index (χ2v) is 10.9. The molecular formula is C32H24F4N6O5. The molecule has 240 valence electrons. The smallest absolute Gasteiger partial charge is 0.424 e. The van der Waals surface area contributed by atoms with Crippen molar-refractivity contribution in [2.45, 2.75) is 24.1 Å². The fourth-order valence-corrected chi connectivity index (χ4v) is 5.05. The minimum absolute atomic E-state index is 0.0464. The third-order valence-corrected chi connectivity index (χ3v) is 7.81. The Morgan fingerprint density at radius 2 is 1.74 bits per heavy atom. The molecule has 0 unspecified atom stereocenters. The van der Waals surface area contributed by atoms with E-state index in [1.165, 1.54) is 49.8 Å². The van der Waals surface area contributed by atoms with E-state index in [0.29, 0.717) is 10.9 Å². The van der Waals surface area contributed by atoms with Gasteiger partial charge in [-0.3, -0.25) is 14.6 Å². The number of amides is 2. The maximum Gasteiger partial charge on any atom is 0.424 e. The largest absolute Gasteiger partial charge is 0.489 e. The summed E-state index contributed by atoms with van der Waals surface area (Å²) in [6.45, 7) is -0.322. The van der Waals surface area contributed by atoms with Crippen molar-refractivity contribution in [3.63, 3.8) is 0 Å². The maximum absolute atomic E-state index is 14.8. The summed E-state index contributed by atoms with van der Waals surface area (Å²) in [5, 5.41) is 13.9. The second kappa shape index (κ2) is 11.6. The van der Waals surface area contributed by atoms with Crippen LogP contribution in [0.2, 0.25) is 0 Å². The van der Waals surface area contributed by atoms with Crippen LogP contribution in [-0.4, -0.2) is 56.2 Å². The van der Waals surface area contributed by atoms with E-state index < -0.39 is 47.1 Å². The highest BCUT2D eigenvalue weighted by molar-refractivity contribution is 6.00. The van der Waals surface area contributed by atoms with Crippen molar-refractivity contribution in [1.82, 2.24) is 25.3 Å². The quantitative estimate of drug-likeness (QED) is 0.208. The summed E-state index contributed by atoms with van der Waals surface area (Å²) >= 11 is 0. The number of nitrogens with zero attached hydrogens (tertiary/aromatic N) is 4. The normalized spacial score (nSPS) is 17.0. The van der Waals surface area contributed by atoms with Gasteiger partial charge >= 0.3 is 12.2 Å². The van der Waals surface area contributed by atoms with E-state index in [2.05, 4.69) is 25.3 Å². The van der Waals surface area contributed by atoms with E-state index >= 15 is 0 Å². The van der Waals surface area contributed by atoms with Gasteiger partial charge in [-0.15, -0.1) is 0 Å². The first-order valence-corrected chi connectivity index (χ1v) is 14.0. The van der Waals surface area contributed by atoms with E-state index in [-0.39, 0.29) is 46.5 Å². The van der Waals surface area contributed by atoms with E-state index in [9.17, 15) is 32.3 Å². The number of primary amides is 1. The Kier molecular flexibility index (Phi) is 7.71. The number of fused-ring (bicyclic) bond motifs is 2. The number of aromatic nitrogens is 4. The average molecular weight is 649 g/mol. The summed E-state index contributed by atoms with van der Waals surface area (Å²) in [6.07, 6.45) is -1.04. The number of alkyl halides is 3. The first-order chi connectivity index (χ1) is 22.3. The first-order valence-electron chi connectivity index (χ1n) is 14.0. The van der Waals surface area contributed by atoms with Gasteiger partial charge in [0.2, 0.25) is 11.5 Å². The summed E-state index contributed by atoms with van der Waals surface area (Å²) < 4.78 is 69.5. The summed E-state index contributed by atoms with van der Waals surface area (Å²) in [4.78, 5) is 42.1. The second-order valence-electron chi connectivity index (χ2n) is 10.9. The molecule has 0 saturated carbocycles. The molecule has 11 nitrogen and oxygen atoms in total. The molecule has 0 fully saturated rings. The molecule has 2 aromatic carbocycles. The molecule has 0 aliphatic carbocycles. The maximum atomic E-state index is 14.8. The molecule has 2 atom stereocenters. The van der Waals surface area contributed by atoms with E-state index in [4.69, 9.17) is 15.2 Å². The summed E-state index contributed by atoms with van der Waals surface area (Å²) in [5.74, 6) is -2.50. The van der Waals surface area contributed by atoms with Gasteiger partial charge in [0, 0.05) is 40.7 Å². The van der Waals surface area contributed by atoms with Crippen molar-refractivity contribution in [2.24, 2.45) is 5.73 Å². The number of carbonyl (C=O) groups excluding carboxylic acids is 2. The number of nitrogens with one attached hydrogen (secondary N) is 1. The first kappa shape index (κ1) is 31.3. The Morgan fingerprint density at radius 1 is 1.04 bits per heavy atom. The van der Waals surface area contributed by atoms with Crippen molar-refractivity contribution in [2.75, 3.05) is 13.2 Å². The predicted octanol–water partition coefficient (Wildman–Crippen LogP) is 4.33. The van der Waals surface area contributed by atoms with Crippen LogP contribution in [0.3, 0.4) is 0 Å². The molecule has 0 saturated heterocycles. The lowest BCUT2D eigenvalue weighted by Gasteiger charge is -2.31. The zero-order chi connectivity index (χ0) is 33.6. The molecule has 0 radical (unpaired) electrons. The Balaban J connectivity index is 1.40. The molecule has 2 amide bonds. The van der Waals surface area contributed by atoms with Gasteiger partial charge in [-0.25, -0.2) is 19.3 Å². The molecule has 47 heavy (non-hydrogen) atoms. The zero-order valence-electron chi connectivity index (χ0n) is 24.4. The number of pyridine rings is 2. The number of nitrogens with two attached hydrogens (primary N) is 1. The molecule has 6 rings (SSSR count). The van der Waals surface area contributed by atoms with E-state index in [1.54, 1.807) is 18.2 Å². The molecule has 15 heteroatoms. The van der Waals surface area contributed by atoms with Crippen LogP contribution in [0.5, 0.6) is 17.5 Å². The summed E-state index contributed by atoms with van der Waals surface area (Å²) in [5.41, 5.74) is -0.597. The van der Waals surface area contributed by atoms with Crippen molar-refractivity contribution < 1.29 is 41.7 Å². The third kappa shape index (κ3) is 5.65. The highest BCUT2D eigenvalue weighted by Gasteiger charge is 2.57. The lowest BCUT2D eigenvalue weighted by atomic mass is 9.81. The lowest BCUT2D eigenvalue weighted by molar-refractivity contribution is -0.265. The number of carbonyl (C=O) groups is 2. The summed E-state index contributed by atoms with van der Waals surface area (Å²) in [6, 6.07) is 12.9. The molecule has 1 aliphatic rings. The molecule has 0 bridgehead atoms. The molecule has 5 aromatic rings. The van der Waals surface area contributed by atoms with Gasteiger partial charge in [-0.2, -0.15) is 13.2 Å². The van der Waals surface area contributed by atoms with Gasteiger partial charge < -0.3 is 25.6 Å². The van der Waals surface area contributed by atoms with Gasteiger partial charge in [0.1, 0.15) is 34.8 Å². The number of rotatable bonds is 8. The monoisotopic (exact) mass is 648 g/mol. The summed E-state index contributed by atoms with van der Waals surface area (Å²) in [7, 11) is 0. The minimum atomic E-state index is -5.39. The van der Waals surface area contributed by atoms with Gasteiger partial charge in [0.05, 0.1) is 12.2 Å². The van der Waals surface area contributed by atoms with Crippen LogP contribution in [-0.2, 0) is 15.8 Å². The van der Waals surface area contributed by atoms with Gasteiger partial charge in [-0.1, -0.05) is 6.07 Å². The fourth-order valence-electron chi connectivity index (χ4n) is 5.05. The molecule has 1 aliphatic heterocycles. The van der Waals surface area contributed by atoms with Crippen molar-refractivity contribution in [3.05, 3.63) is 102 Å². The van der Waals surface area contributed by atoms with Crippen LogP contribution < -0.4 is 20.5 Å². The Morgan fingerprint density at radius 3 is 2.43 bits per heavy atom. The SMILES string of the molecule is C[C@]1(C(N)=O)COc2c1cc([C@@](O)(CNC(=O)c1cc(Oc3ncccn3)c3ncccc3c1)C(F)(F)F)nc2-c1ccc(F)cc1. The van der Waals surface area contributed by atoms with Crippen LogP contribution in [0.4, 0.5) is 17.6 Å². The molecule has 4 N–H and O–H groups in total. The number of hydrogen-bond acceptors (Lipinski definition) is 9. The van der Waals surface area contributed by atoms with Crippen LogP contribution in [0.15, 0.2) is 79.3 Å². The Hall–Kier alpha value is -5.70. The number of aliphatic hydroxyl groups is 1. The number of hydrogen-bond donors (Lipinski definition) is 3. The Labute approximate surface area is 263 Å². The van der Waals surface area contributed by atoms with E-state index in [1.807, 2.05) is 0 Å². The molecular weight excluding hydrogens is 624 g/mol. The highest BCUT2D eigenvalue weighted by Crippen LogP contribution is 2.47. The molecule has 3 aromatic heterocycles. The van der Waals surface area contributed by atoms with Crippen LogP contribution in [0.25, 0.3) is 22.2 Å². The molecule has 4 heterocycles. The van der Waals surface area contributed by atoms with Gasteiger partial charge in [0.15, 0.2) is 5.75 Å². The highest BCUT2D eigenvalue weighted by atomic mass is 19.4. The predicted molar refractivity (Wildman–Crippen MR) is 158 cm³/mol. The van der Waals surface area contributed by atoms with Crippen molar-refractivity contribution >= 4 is 22.7 Å².